The Hall–Kier alpha value is -0.910. The van der Waals surface area contributed by atoms with Gasteiger partial charge >= 0.3 is 0 Å². The molecule has 0 spiro atoms. The summed E-state index contributed by atoms with van der Waals surface area (Å²) in [6.07, 6.45) is 1.79. The zero-order chi connectivity index (χ0) is 13.0. The van der Waals surface area contributed by atoms with E-state index in [2.05, 4.69) is 49.4 Å². The molecule has 1 aromatic carbocycles. The number of nitrogens with zero attached hydrogens (tertiary/aromatic N) is 2. The Morgan fingerprint density at radius 3 is 2.83 bits per heavy atom. The van der Waals surface area contributed by atoms with Crippen LogP contribution < -0.4 is 5.32 Å². The van der Waals surface area contributed by atoms with Crippen molar-refractivity contribution in [1.82, 2.24) is 15.3 Å². The van der Waals surface area contributed by atoms with Crippen LogP contribution in [0.5, 0.6) is 0 Å². The highest BCUT2D eigenvalue weighted by molar-refractivity contribution is 9.10. The molecular weight excluding hydrogens is 310 g/mol. The average Bonchev–Trinajstić information content (AvgIpc) is 2.33. The molecule has 0 amide bonds. The molecule has 3 nitrogen and oxygen atoms in total. The molecule has 0 fully saturated rings. The van der Waals surface area contributed by atoms with E-state index in [1.165, 1.54) is 5.56 Å². The Morgan fingerprint density at radius 2 is 2.17 bits per heavy atom. The van der Waals surface area contributed by atoms with Crippen molar-refractivity contribution >= 4 is 27.7 Å². The van der Waals surface area contributed by atoms with Crippen LogP contribution in [-0.2, 0) is 6.54 Å². The number of nitrogens with one attached hydrogen (secondary N) is 1. The van der Waals surface area contributed by atoms with Gasteiger partial charge in [0.05, 0.1) is 0 Å². The van der Waals surface area contributed by atoms with Crippen LogP contribution in [-0.4, -0.2) is 17.0 Å². The Balaban J connectivity index is 2.17. The van der Waals surface area contributed by atoms with Crippen molar-refractivity contribution in [2.75, 3.05) is 7.05 Å². The topological polar surface area (TPSA) is 37.8 Å². The Kier molecular flexibility index (Phi) is 4.74. The maximum absolute atomic E-state index is 4.38. The molecule has 2 aromatic rings. The first-order chi connectivity index (χ1) is 8.69. The standard InChI is InChI=1S/C13H14BrN3S/c1-9-5-6-16-13(17-9)18-11-4-3-10(8-15-2)12(14)7-11/h3-7,15H,8H2,1-2H3. The Morgan fingerprint density at radius 1 is 1.33 bits per heavy atom. The van der Waals surface area contributed by atoms with Crippen molar-refractivity contribution in [3.63, 3.8) is 0 Å². The van der Waals surface area contributed by atoms with E-state index in [9.17, 15) is 0 Å². The maximum Gasteiger partial charge on any atom is 0.192 e. The molecule has 5 heteroatoms. The van der Waals surface area contributed by atoms with Gasteiger partial charge in [-0.05, 0) is 49.5 Å². The van der Waals surface area contributed by atoms with E-state index in [-0.39, 0.29) is 0 Å². The molecule has 0 unspecified atom stereocenters. The zero-order valence-electron chi connectivity index (χ0n) is 10.3. The van der Waals surface area contributed by atoms with Crippen LogP contribution in [0.4, 0.5) is 0 Å². The quantitative estimate of drug-likeness (QED) is 0.875. The summed E-state index contributed by atoms with van der Waals surface area (Å²) < 4.78 is 1.11. The summed E-state index contributed by atoms with van der Waals surface area (Å²) in [6.45, 7) is 2.82. The largest absolute Gasteiger partial charge is 0.316 e. The van der Waals surface area contributed by atoms with Gasteiger partial charge in [-0.3, -0.25) is 0 Å². The Bertz CT molecular complexity index is 546. The second kappa shape index (κ2) is 6.31. The first-order valence-electron chi connectivity index (χ1n) is 5.59. The van der Waals surface area contributed by atoms with Crippen LogP contribution in [0.2, 0.25) is 0 Å². The second-order valence-corrected chi connectivity index (χ2v) is 5.76. The second-order valence-electron chi connectivity index (χ2n) is 3.87. The lowest BCUT2D eigenvalue weighted by Crippen LogP contribution is -2.05. The normalized spacial score (nSPS) is 10.6. The van der Waals surface area contributed by atoms with Crippen molar-refractivity contribution in [2.45, 2.75) is 23.5 Å². The fourth-order valence-electron chi connectivity index (χ4n) is 1.51. The molecule has 0 saturated heterocycles. The van der Waals surface area contributed by atoms with Gasteiger partial charge in [-0.25, -0.2) is 9.97 Å². The van der Waals surface area contributed by atoms with Gasteiger partial charge in [0.25, 0.3) is 0 Å². The van der Waals surface area contributed by atoms with Crippen LogP contribution in [0.1, 0.15) is 11.3 Å². The summed E-state index contributed by atoms with van der Waals surface area (Å²) in [4.78, 5) is 9.76. The molecule has 1 aromatic heterocycles. The molecule has 0 radical (unpaired) electrons. The van der Waals surface area contributed by atoms with Crippen molar-refractivity contribution < 1.29 is 0 Å². The number of halogens is 1. The number of hydrogen-bond acceptors (Lipinski definition) is 4. The minimum Gasteiger partial charge on any atom is -0.316 e. The van der Waals surface area contributed by atoms with E-state index in [0.29, 0.717) is 0 Å². The molecule has 0 bridgehead atoms. The molecule has 0 aliphatic heterocycles. The summed E-state index contributed by atoms with van der Waals surface area (Å²) in [7, 11) is 1.94. The van der Waals surface area contributed by atoms with Gasteiger partial charge in [0, 0.05) is 27.8 Å². The van der Waals surface area contributed by atoms with Gasteiger partial charge < -0.3 is 5.32 Å². The predicted molar refractivity (Wildman–Crippen MR) is 77.8 cm³/mol. The molecule has 0 aliphatic rings. The molecule has 1 heterocycles. The summed E-state index contributed by atoms with van der Waals surface area (Å²) in [6, 6.07) is 8.20. The van der Waals surface area contributed by atoms with Crippen LogP contribution in [0.3, 0.4) is 0 Å². The third-order valence-corrected chi connectivity index (χ3v) is 3.98. The van der Waals surface area contributed by atoms with E-state index in [0.717, 1.165) is 26.8 Å². The molecule has 0 atom stereocenters. The van der Waals surface area contributed by atoms with E-state index in [1.54, 1.807) is 18.0 Å². The fraction of sp³-hybridized carbons (Fsp3) is 0.231. The van der Waals surface area contributed by atoms with Crippen LogP contribution in [0, 0.1) is 6.92 Å². The lowest BCUT2D eigenvalue weighted by atomic mass is 10.2. The van der Waals surface area contributed by atoms with Gasteiger partial charge in [-0.15, -0.1) is 0 Å². The maximum atomic E-state index is 4.38. The van der Waals surface area contributed by atoms with Crippen molar-refractivity contribution in [1.29, 1.82) is 0 Å². The van der Waals surface area contributed by atoms with Crippen molar-refractivity contribution in [3.8, 4) is 0 Å². The summed E-state index contributed by atoms with van der Waals surface area (Å²) >= 11 is 5.15. The number of benzene rings is 1. The van der Waals surface area contributed by atoms with Crippen LogP contribution in [0.15, 0.2) is 45.0 Å². The van der Waals surface area contributed by atoms with Crippen molar-refractivity contribution in [2.24, 2.45) is 0 Å². The summed E-state index contributed by atoms with van der Waals surface area (Å²) in [5.41, 5.74) is 2.23. The third kappa shape index (κ3) is 3.54. The van der Waals surface area contributed by atoms with Gasteiger partial charge in [0.1, 0.15) is 0 Å². The Labute approximate surface area is 120 Å². The molecule has 18 heavy (non-hydrogen) atoms. The highest BCUT2D eigenvalue weighted by atomic mass is 79.9. The summed E-state index contributed by atoms with van der Waals surface area (Å²) in [5.74, 6) is 0. The minimum absolute atomic E-state index is 0.781. The molecule has 0 aliphatic carbocycles. The van der Waals surface area contributed by atoms with E-state index >= 15 is 0 Å². The van der Waals surface area contributed by atoms with Gasteiger partial charge in [0.15, 0.2) is 5.16 Å². The SMILES string of the molecule is CNCc1ccc(Sc2nccc(C)n2)cc1Br. The fourth-order valence-corrected chi connectivity index (χ4v) is 3.00. The smallest absolute Gasteiger partial charge is 0.192 e. The minimum atomic E-state index is 0.781. The number of aromatic nitrogens is 2. The summed E-state index contributed by atoms with van der Waals surface area (Å²) in [5, 5.41) is 3.92. The number of aryl methyl sites for hydroxylation is 1. The third-order valence-electron chi connectivity index (χ3n) is 2.37. The molecule has 1 N–H and O–H groups in total. The van der Waals surface area contributed by atoms with Crippen LogP contribution in [0.25, 0.3) is 0 Å². The number of hydrogen-bond donors (Lipinski definition) is 1. The van der Waals surface area contributed by atoms with E-state index in [1.807, 2.05) is 20.0 Å². The zero-order valence-corrected chi connectivity index (χ0v) is 12.7. The average molecular weight is 324 g/mol. The highest BCUT2D eigenvalue weighted by Crippen LogP contribution is 2.28. The molecule has 0 saturated carbocycles. The van der Waals surface area contributed by atoms with E-state index < -0.39 is 0 Å². The first-order valence-corrected chi connectivity index (χ1v) is 7.20. The van der Waals surface area contributed by atoms with Crippen molar-refractivity contribution in [3.05, 3.63) is 46.2 Å². The molecular formula is C13H14BrN3S. The lowest BCUT2D eigenvalue weighted by molar-refractivity contribution is 0.813. The van der Waals surface area contributed by atoms with E-state index in [4.69, 9.17) is 0 Å². The van der Waals surface area contributed by atoms with Gasteiger partial charge in [-0.2, -0.15) is 0 Å². The molecule has 2 rings (SSSR count). The van der Waals surface area contributed by atoms with Gasteiger partial charge in [0.2, 0.25) is 0 Å². The van der Waals surface area contributed by atoms with Crippen LogP contribution >= 0.6 is 27.7 Å². The highest BCUT2D eigenvalue weighted by Gasteiger charge is 2.04. The monoisotopic (exact) mass is 323 g/mol. The van der Waals surface area contributed by atoms with Gasteiger partial charge in [-0.1, -0.05) is 22.0 Å². The number of rotatable bonds is 4. The molecule has 94 valence electrons. The predicted octanol–water partition coefficient (Wildman–Crippen LogP) is 3.42. The lowest BCUT2D eigenvalue weighted by Gasteiger charge is -2.06. The first kappa shape index (κ1) is 13.5.